The highest BCUT2D eigenvalue weighted by molar-refractivity contribution is 5.83. The molecule has 0 unspecified atom stereocenters. The number of hydrogen-bond acceptors (Lipinski definition) is 2. The van der Waals surface area contributed by atoms with Crippen molar-refractivity contribution >= 4 is 5.91 Å². The maximum absolute atomic E-state index is 13.0. The molecule has 3 heteroatoms. The Morgan fingerprint density at radius 2 is 2.00 bits per heavy atom. The van der Waals surface area contributed by atoms with Crippen LogP contribution in [0.4, 0.5) is 0 Å². The Kier molecular flexibility index (Phi) is 3.48. The number of benzene rings is 1. The molecule has 1 amide bonds. The van der Waals surface area contributed by atoms with Crippen LogP contribution in [0, 0.1) is 24.7 Å². The van der Waals surface area contributed by atoms with Crippen LogP contribution in [0.1, 0.15) is 42.7 Å². The van der Waals surface area contributed by atoms with Gasteiger partial charge in [0.15, 0.2) is 0 Å². The van der Waals surface area contributed by atoms with E-state index in [-0.39, 0.29) is 5.92 Å². The van der Waals surface area contributed by atoms with Gasteiger partial charge >= 0.3 is 0 Å². The molecule has 3 saturated heterocycles. The van der Waals surface area contributed by atoms with Crippen molar-refractivity contribution < 1.29 is 4.79 Å². The third-order valence-corrected chi connectivity index (χ3v) is 7.13. The van der Waals surface area contributed by atoms with Gasteiger partial charge < -0.3 is 4.90 Å². The number of carbonyl (C=O) groups excluding carboxylic acids is 1. The van der Waals surface area contributed by atoms with Crippen LogP contribution in [0.2, 0.25) is 0 Å². The van der Waals surface area contributed by atoms with Gasteiger partial charge in [0, 0.05) is 31.6 Å². The molecule has 5 atom stereocenters. The van der Waals surface area contributed by atoms with Crippen LogP contribution in [-0.2, 0) is 4.79 Å². The van der Waals surface area contributed by atoms with Crippen LogP contribution >= 0.6 is 0 Å². The van der Waals surface area contributed by atoms with E-state index in [0.29, 0.717) is 11.8 Å². The highest BCUT2D eigenvalue weighted by atomic mass is 16.2. The number of fused-ring (bicyclic) bond motifs is 3. The standard InChI is InChI=1S/C21H28N2O/c1-14-6-2-3-7-16(14)17-10-18(17)21(24)23-12-15-11-22-9-5-4-8-20(22)19(15)13-23/h2-3,6-7,15,17-20H,4-5,8-13H2,1H3/t15-,17-,18-,19+,20-/m0/s1. The summed E-state index contributed by atoms with van der Waals surface area (Å²) in [5, 5.41) is 0. The van der Waals surface area contributed by atoms with E-state index in [9.17, 15) is 4.79 Å². The van der Waals surface area contributed by atoms with Crippen molar-refractivity contribution in [2.45, 2.75) is 44.6 Å². The van der Waals surface area contributed by atoms with Crippen LogP contribution in [0.3, 0.4) is 0 Å². The fraction of sp³-hybridized carbons (Fsp3) is 0.667. The van der Waals surface area contributed by atoms with E-state index in [1.807, 2.05) is 0 Å². The molecule has 3 heterocycles. The minimum atomic E-state index is 0.257. The molecule has 0 spiro atoms. The van der Waals surface area contributed by atoms with Gasteiger partial charge in [-0.15, -0.1) is 0 Å². The van der Waals surface area contributed by atoms with Gasteiger partial charge in [0.25, 0.3) is 0 Å². The molecular weight excluding hydrogens is 296 g/mol. The fourth-order valence-electron chi connectivity index (χ4n) is 5.78. The summed E-state index contributed by atoms with van der Waals surface area (Å²) in [7, 11) is 0. The van der Waals surface area contributed by atoms with E-state index in [1.54, 1.807) is 0 Å². The summed E-state index contributed by atoms with van der Waals surface area (Å²) < 4.78 is 0. The average molecular weight is 324 g/mol. The predicted octanol–water partition coefficient (Wildman–Crippen LogP) is 3.04. The van der Waals surface area contributed by atoms with E-state index < -0.39 is 0 Å². The van der Waals surface area contributed by atoms with Crippen LogP contribution in [0.25, 0.3) is 0 Å². The number of rotatable bonds is 2. The van der Waals surface area contributed by atoms with Crippen LogP contribution in [0.15, 0.2) is 24.3 Å². The topological polar surface area (TPSA) is 23.6 Å². The third-order valence-electron chi connectivity index (χ3n) is 7.13. The summed E-state index contributed by atoms with van der Waals surface area (Å²) in [6, 6.07) is 9.36. The maximum atomic E-state index is 13.0. The van der Waals surface area contributed by atoms with Crippen molar-refractivity contribution in [3.8, 4) is 0 Å². The zero-order valence-corrected chi connectivity index (χ0v) is 14.7. The van der Waals surface area contributed by atoms with Crippen LogP contribution in [-0.4, -0.2) is 47.9 Å². The van der Waals surface area contributed by atoms with Crippen LogP contribution in [0.5, 0.6) is 0 Å². The monoisotopic (exact) mass is 324 g/mol. The third kappa shape index (κ3) is 2.32. The summed E-state index contributed by atoms with van der Waals surface area (Å²) in [5.74, 6) is 2.68. The molecule has 4 fully saturated rings. The van der Waals surface area contributed by atoms with Crippen molar-refractivity contribution in [3.63, 3.8) is 0 Å². The Balaban J connectivity index is 1.25. The molecule has 24 heavy (non-hydrogen) atoms. The number of amides is 1. The highest BCUT2D eigenvalue weighted by Crippen LogP contribution is 2.50. The van der Waals surface area contributed by atoms with Gasteiger partial charge in [-0.2, -0.15) is 0 Å². The SMILES string of the molecule is Cc1ccccc1[C@@H]1C[C@@H]1C(=O)N1C[C@@H]2CN3CCCC[C@H]3[C@@H]2C1. The van der Waals surface area contributed by atoms with E-state index >= 15 is 0 Å². The maximum Gasteiger partial charge on any atom is 0.226 e. The molecular formula is C21H28N2O. The molecule has 0 radical (unpaired) electrons. The first kappa shape index (κ1) is 14.9. The second-order valence-corrected chi connectivity index (χ2v) is 8.53. The molecule has 1 aromatic carbocycles. The molecule has 3 aliphatic heterocycles. The summed E-state index contributed by atoms with van der Waals surface area (Å²) >= 11 is 0. The lowest BCUT2D eigenvalue weighted by Crippen LogP contribution is -2.41. The van der Waals surface area contributed by atoms with Gasteiger partial charge in [-0.05, 0) is 61.6 Å². The van der Waals surface area contributed by atoms with E-state index in [2.05, 4.69) is 41.0 Å². The summed E-state index contributed by atoms with van der Waals surface area (Å²) in [5.41, 5.74) is 2.74. The number of nitrogens with zero attached hydrogens (tertiary/aromatic N) is 2. The van der Waals surface area contributed by atoms with Gasteiger partial charge in [-0.1, -0.05) is 30.7 Å². The molecule has 0 bridgehead atoms. The van der Waals surface area contributed by atoms with Crippen molar-refractivity contribution in [1.82, 2.24) is 9.80 Å². The summed E-state index contributed by atoms with van der Waals surface area (Å²) in [6.45, 7) is 6.76. The zero-order valence-electron chi connectivity index (χ0n) is 14.7. The Morgan fingerprint density at radius 1 is 1.12 bits per heavy atom. The van der Waals surface area contributed by atoms with E-state index in [1.165, 1.54) is 43.5 Å². The Morgan fingerprint density at radius 3 is 2.88 bits per heavy atom. The number of carbonyl (C=O) groups is 1. The second-order valence-electron chi connectivity index (χ2n) is 8.53. The van der Waals surface area contributed by atoms with Crippen LogP contribution < -0.4 is 0 Å². The number of piperidine rings is 1. The van der Waals surface area contributed by atoms with Crippen molar-refractivity contribution in [2.75, 3.05) is 26.2 Å². The lowest BCUT2D eigenvalue weighted by molar-refractivity contribution is -0.132. The Labute approximate surface area is 145 Å². The van der Waals surface area contributed by atoms with Gasteiger partial charge in [0.05, 0.1) is 0 Å². The average Bonchev–Trinajstić information content (AvgIpc) is 3.15. The first-order chi connectivity index (χ1) is 11.7. The summed E-state index contributed by atoms with van der Waals surface area (Å²) in [6.07, 6.45) is 5.18. The molecule has 5 rings (SSSR count). The lowest BCUT2D eigenvalue weighted by atomic mass is 9.90. The molecule has 4 aliphatic rings. The molecule has 0 N–H and O–H groups in total. The van der Waals surface area contributed by atoms with Crippen molar-refractivity contribution in [3.05, 3.63) is 35.4 Å². The smallest absolute Gasteiger partial charge is 0.226 e. The van der Waals surface area contributed by atoms with Crippen molar-refractivity contribution in [1.29, 1.82) is 0 Å². The summed E-state index contributed by atoms with van der Waals surface area (Å²) in [4.78, 5) is 17.9. The van der Waals surface area contributed by atoms with E-state index in [0.717, 1.165) is 37.4 Å². The first-order valence-corrected chi connectivity index (χ1v) is 9.81. The highest BCUT2D eigenvalue weighted by Gasteiger charge is 2.52. The second kappa shape index (κ2) is 5.59. The zero-order chi connectivity index (χ0) is 16.3. The number of hydrogen-bond donors (Lipinski definition) is 0. The van der Waals surface area contributed by atoms with E-state index in [4.69, 9.17) is 0 Å². The quantitative estimate of drug-likeness (QED) is 0.835. The lowest BCUT2D eigenvalue weighted by Gasteiger charge is -2.33. The Bertz CT molecular complexity index is 657. The molecule has 0 aromatic heterocycles. The van der Waals surface area contributed by atoms with Gasteiger partial charge in [0.1, 0.15) is 0 Å². The minimum Gasteiger partial charge on any atom is -0.342 e. The minimum absolute atomic E-state index is 0.257. The molecule has 1 aliphatic carbocycles. The fourth-order valence-corrected chi connectivity index (χ4v) is 5.78. The molecule has 1 aromatic rings. The van der Waals surface area contributed by atoms with Crippen molar-refractivity contribution in [2.24, 2.45) is 17.8 Å². The number of aryl methyl sites for hydroxylation is 1. The normalized spacial score (nSPS) is 38.0. The predicted molar refractivity (Wildman–Crippen MR) is 94.8 cm³/mol. The largest absolute Gasteiger partial charge is 0.342 e. The van der Waals surface area contributed by atoms with Gasteiger partial charge in [0.2, 0.25) is 5.91 Å². The molecule has 3 nitrogen and oxygen atoms in total. The Hall–Kier alpha value is -1.35. The number of likely N-dealkylation sites (tertiary alicyclic amines) is 1. The van der Waals surface area contributed by atoms with Gasteiger partial charge in [-0.3, -0.25) is 9.69 Å². The molecule has 128 valence electrons. The first-order valence-electron chi connectivity index (χ1n) is 9.81. The molecule has 1 saturated carbocycles. The van der Waals surface area contributed by atoms with Gasteiger partial charge in [-0.25, -0.2) is 0 Å².